The molecule has 2 heterocycles. The SMILES string of the molecule is COC(=O)[C@@H]1CCCN1C(=O)[C@H](CCCCN)NC(=O)[C@@H]1CCCN1C(=O)[C@@H](N)CCCN=C(N)N. The van der Waals surface area contributed by atoms with Crippen molar-refractivity contribution in [3.63, 3.8) is 0 Å². The number of hydrogen-bond acceptors (Lipinski definition) is 8. The van der Waals surface area contributed by atoms with E-state index in [1.54, 1.807) is 0 Å². The number of carbonyl (C=O) groups excluding carboxylic acids is 4. The van der Waals surface area contributed by atoms with E-state index in [1.807, 2.05) is 0 Å². The van der Waals surface area contributed by atoms with E-state index in [1.165, 1.54) is 16.9 Å². The molecule has 204 valence electrons. The van der Waals surface area contributed by atoms with Crippen molar-refractivity contribution in [2.75, 3.05) is 33.3 Å². The van der Waals surface area contributed by atoms with E-state index in [2.05, 4.69) is 10.3 Å². The highest BCUT2D eigenvalue weighted by Gasteiger charge is 2.41. The minimum absolute atomic E-state index is 0.0198. The minimum atomic E-state index is -0.819. The van der Waals surface area contributed by atoms with Crippen LogP contribution in [-0.4, -0.2) is 96.9 Å². The van der Waals surface area contributed by atoms with Crippen molar-refractivity contribution in [3.05, 3.63) is 0 Å². The lowest BCUT2D eigenvalue weighted by Gasteiger charge is -2.31. The molecule has 36 heavy (non-hydrogen) atoms. The highest BCUT2D eigenvalue weighted by atomic mass is 16.5. The highest BCUT2D eigenvalue weighted by Crippen LogP contribution is 2.22. The topological polar surface area (TPSA) is 212 Å². The molecule has 2 aliphatic rings. The van der Waals surface area contributed by atoms with E-state index in [0.717, 1.165) is 0 Å². The molecule has 2 fully saturated rings. The molecule has 9 N–H and O–H groups in total. The number of likely N-dealkylation sites (tertiary alicyclic amines) is 2. The van der Waals surface area contributed by atoms with Crippen LogP contribution < -0.4 is 28.3 Å². The molecule has 4 atom stereocenters. The van der Waals surface area contributed by atoms with Crippen molar-refractivity contribution in [1.82, 2.24) is 15.1 Å². The van der Waals surface area contributed by atoms with Gasteiger partial charge in [-0.3, -0.25) is 19.4 Å². The van der Waals surface area contributed by atoms with Gasteiger partial charge in [0.15, 0.2) is 5.96 Å². The van der Waals surface area contributed by atoms with Crippen LogP contribution in [-0.2, 0) is 23.9 Å². The maximum Gasteiger partial charge on any atom is 0.328 e. The van der Waals surface area contributed by atoms with E-state index < -0.39 is 36.0 Å². The highest BCUT2D eigenvalue weighted by molar-refractivity contribution is 5.94. The summed E-state index contributed by atoms with van der Waals surface area (Å²) in [6, 6.07) is -2.96. The lowest BCUT2D eigenvalue weighted by Crippen LogP contribution is -2.56. The van der Waals surface area contributed by atoms with Gasteiger partial charge in [0.1, 0.15) is 18.1 Å². The van der Waals surface area contributed by atoms with Gasteiger partial charge in [0.25, 0.3) is 0 Å². The number of guanidine groups is 1. The first-order valence-electron chi connectivity index (χ1n) is 12.7. The molecule has 0 aliphatic carbocycles. The molecule has 0 saturated carbocycles. The predicted molar refractivity (Wildman–Crippen MR) is 134 cm³/mol. The van der Waals surface area contributed by atoms with Crippen LogP contribution in [0.25, 0.3) is 0 Å². The first kappa shape index (κ1) is 29.3. The van der Waals surface area contributed by atoms with Gasteiger partial charge in [-0.05, 0) is 64.3 Å². The molecule has 0 aromatic rings. The number of esters is 1. The maximum atomic E-state index is 13.4. The molecular formula is C23H42N8O5. The normalized spacial score (nSPS) is 21.1. The second-order valence-corrected chi connectivity index (χ2v) is 9.30. The standard InChI is InChI=1S/C23H42N8O5/c1-36-22(35)18-10-6-14-31(18)21(34)16(8-2-3-11-24)29-19(32)17-9-5-13-30(17)20(33)15(25)7-4-12-28-23(26)27/h15-18H,2-14,24-25H2,1H3,(H,29,32)(H4,26,27,28)/t15-,16-,17-,18-/m0/s1. The maximum absolute atomic E-state index is 13.4. The first-order chi connectivity index (χ1) is 17.2. The van der Waals surface area contributed by atoms with Gasteiger partial charge in [-0.1, -0.05) is 0 Å². The minimum Gasteiger partial charge on any atom is -0.467 e. The number of methoxy groups -OCH3 is 1. The van der Waals surface area contributed by atoms with Gasteiger partial charge in [-0.25, -0.2) is 4.79 Å². The number of nitrogens with zero attached hydrogens (tertiary/aromatic N) is 3. The van der Waals surface area contributed by atoms with Gasteiger partial charge in [0, 0.05) is 19.6 Å². The number of nitrogens with one attached hydrogen (secondary N) is 1. The van der Waals surface area contributed by atoms with Crippen LogP contribution in [0, 0.1) is 0 Å². The summed E-state index contributed by atoms with van der Waals surface area (Å²) in [6.07, 6.45) is 4.98. The number of unbranched alkanes of at least 4 members (excludes halogenated alkanes) is 1. The Bertz CT molecular complexity index is 803. The molecule has 2 aliphatic heterocycles. The van der Waals surface area contributed by atoms with E-state index in [-0.39, 0.29) is 17.8 Å². The van der Waals surface area contributed by atoms with Crippen LogP contribution in [0.2, 0.25) is 0 Å². The first-order valence-corrected chi connectivity index (χ1v) is 12.7. The second-order valence-electron chi connectivity index (χ2n) is 9.30. The fraction of sp³-hybridized carbons (Fsp3) is 0.783. The summed E-state index contributed by atoms with van der Waals surface area (Å²) in [4.78, 5) is 58.7. The molecule has 0 bridgehead atoms. The lowest BCUT2D eigenvalue weighted by molar-refractivity contribution is -0.152. The van der Waals surface area contributed by atoms with Gasteiger partial charge in [-0.15, -0.1) is 0 Å². The third-order valence-corrected chi connectivity index (χ3v) is 6.69. The zero-order valence-corrected chi connectivity index (χ0v) is 21.2. The van der Waals surface area contributed by atoms with E-state index >= 15 is 0 Å². The molecular weight excluding hydrogens is 468 g/mol. The molecule has 3 amide bonds. The van der Waals surface area contributed by atoms with Gasteiger partial charge in [-0.2, -0.15) is 0 Å². The average molecular weight is 511 g/mol. The molecule has 13 nitrogen and oxygen atoms in total. The lowest BCUT2D eigenvalue weighted by atomic mass is 10.1. The molecule has 2 saturated heterocycles. The Labute approximate surface area is 212 Å². The molecule has 0 spiro atoms. The molecule has 0 aromatic carbocycles. The average Bonchev–Trinajstić information content (AvgIpc) is 3.54. The summed E-state index contributed by atoms with van der Waals surface area (Å²) >= 11 is 0. The van der Waals surface area contributed by atoms with Crippen molar-refractivity contribution in [3.8, 4) is 0 Å². The number of carbonyl (C=O) groups is 4. The number of nitrogens with two attached hydrogens (primary N) is 4. The Balaban J connectivity index is 2.05. The van der Waals surface area contributed by atoms with Gasteiger partial charge in [0.2, 0.25) is 17.7 Å². The third-order valence-electron chi connectivity index (χ3n) is 6.69. The van der Waals surface area contributed by atoms with Crippen molar-refractivity contribution >= 4 is 29.7 Å². The van der Waals surface area contributed by atoms with Crippen molar-refractivity contribution in [2.45, 2.75) is 82.0 Å². The summed E-state index contributed by atoms with van der Waals surface area (Å²) in [5.74, 6) is -1.51. The summed E-state index contributed by atoms with van der Waals surface area (Å²) in [7, 11) is 1.29. The number of aliphatic imine (C=N–C) groups is 1. The number of ether oxygens (including phenoxy) is 1. The fourth-order valence-corrected chi connectivity index (χ4v) is 4.79. The van der Waals surface area contributed by atoms with Crippen molar-refractivity contribution in [1.29, 1.82) is 0 Å². The predicted octanol–water partition coefficient (Wildman–Crippen LogP) is -1.86. The quantitative estimate of drug-likeness (QED) is 0.0811. The van der Waals surface area contributed by atoms with E-state index in [0.29, 0.717) is 84.0 Å². The summed E-state index contributed by atoms with van der Waals surface area (Å²) in [5, 5.41) is 2.86. The van der Waals surface area contributed by atoms with E-state index in [4.69, 9.17) is 27.7 Å². The number of hydrogen-bond donors (Lipinski definition) is 5. The Kier molecular flexibility index (Phi) is 11.9. The Morgan fingerprint density at radius 3 is 2.22 bits per heavy atom. The second kappa shape index (κ2) is 14.6. The van der Waals surface area contributed by atoms with E-state index in [9.17, 15) is 19.2 Å². The van der Waals surface area contributed by atoms with Crippen LogP contribution in [0.3, 0.4) is 0 Å². The van der Waals surface area contributed by atoms with Crippen LogP contribution in [0.4, 0.5) is 0 Å². The Morgan fingerprint density at radius 2 is 1.61 bits per heavy atom. The number of amides is 3. The smallest absolute Gasteiger partial charge is 0.328 e. The van der Waals surface area contributed by atoms with Crippen molar-refractivity contribution < 1.29 is 23.9 Å². The summed E-state index contributed by atoms with van der Waals surface area (Å²) in [6.45, 7) is 1.67. The molecule has 13 heteroatoms. The molecule has 2 rings (SSSR count). The molecule has 0 radical (unpaired) electrons. The Hall–Kier alpha value is -2.93. The number of rotatable bonds is 13. The van der Waals surface area contributed by atoms with Crippen LogP contribution in [0.15, 0.2) is 4.99 Å². The monoisotopic (exact) mass is 510 g/mol. The van der Waals surface area contributed by atoms with Gasteiger partial charge in [0.05, 0.1) is 13.2 Å². The van der Waals surface area contributed by atoms with Crippen LogP contribution in [0.5, 0.6) is 0 Å². The zero-order valence-electron chi connectivity index (χ0n) is 21.2. The van der Waals surface area contributed by atoms with Gasteiger partial charge < -0.3 is 42.8 Å². The Morgan fingerprint density at radius 1 is 0.972 bits per heavy atom. The summed E-state index contributed by atoms with van der Waals surface area (Å²) in [5.41, 5.74) is 22.3. The van der Waals surface area contributed by atoms with Crippen LogP contribution >= 0.6 is 0 Å². The molecule has 0 aromatic heterocycles. The summed E-state index contributed by atoms with van der Waals surface area (Å²) < 4.78 is 4.85. The molecule has 0 unspecified atom stereocenters. The van der Waals surface area contributed by atoms with Gasteiger partial charge >= 0.3 is 5.97 Å². The largest absolute Gasteiger partial charge is 0.467 e. The fourth-order valence-electron chi connectivity index (χ4n) is 4.79. The third kappa shape index (κ3) is 8.05. The zero-order chi connectivity index (χ0) is 26.7. The van der Waals surface area contributed by atoms with Crippen molar-refractivity contribution in [2.24, 2.45) is 27.9 Å². The van der Waals surface area contributed by atoms with Crippen LogP contribution in [0.1, 0.15) is 57.8 Å².